The fourth-order valence-electron chi connectivity index (χ4n) is 2.54. The summed E-state index contributed by atoms with van der Waals surface area (Å²) in [6.45, 7) is 6.79. The summed E-state index contributed by atoms with van der Waals surface area (Å²) in [5, 5.41) is 3.65. The van der Waals surface area contributed by atoms with Crippen LogP contribution in [0.2, 0.25) is 0 Å². The molecule has 1 atom stereocenters. The molecule has 0 aliphatic carbocycles. The first-order chi connectivity index (χ1) is 9.21. The summed E-state index contributed by atoms with van der Waals surface area (Å²) in [6, 6.07) is 0.909. The van der Waals surface area contributed by atoms with Gasteiger partial charge in [-0.25, -0.2) is 4.79 Å². The number of ether oxygens (including phenoxy) is 2. The van der Waals surface area contributed by atoms with Gasteiger partial charge < -0.3 is 19.7 Å². The molecular weight excluding hydrogens is 244 g/mol. The molecule has 19 heavy (non-hydrogen) atoms. The van der Waals surface area contributed by atoms with E-state index in [1.807, 2.05) is 6.92 Å². The second kappa shape index (κ2) is 9.15. The lowest BCUT2D eigenvalue weighted by molar-refractivity contribution is 0.0910. The Bertz CT molecular complexity index is 247. The van der Waals surface area contributed by atoms with Gasteiger partial charge in [-0.2, -0.15) is 0 Å². The molecule has 0 aromatic heterocycles. The molecule has 0 saturated carbocycles. The third-order valence-electron chi connectivity index (χ3n) is 3.50. The van der Waals surface area contributed by atoms with Gasteiger partial charge in [-0.3, -0.25) is 0 Å². The quantitative estimate of drug-likeness (QED) is 0.770. The highest BCUT2D eigenvalue weighted by atomic mass is 16.6. The third-order valence-corrected chi connectivity index (χ3v) is 3.50. The molecule has 1 heterocycles. The Kier molecular flexibility index (Phi) is 7.82. The number of likely N-dealkylation sites (tertiary alicyclic amines) is 1. The van der Waals surface area contributed by atoms with E-state index in [-0.39, 0.29) is 6.09 Å². The lowest BCUT2D eigenvalue weighted by Gasteiger charge is -2.33. The SMILES string of the molecule is CCCC(COC)NC1CCN(C(=O)OCC)CC1. The molecule has 112 valence electrons. The maximum Gasteiger partial charge on any atom is 0.409 e. The molecule has 1 saturated heterocycles. The van der Waals surface area contributed by atoms with Gasteiger partial charge in [0, 0.05) is 32.3 Å². The largest absolute Gasteiger partial charge is 0.450 e. The van der Waals surface area contributed by atoms with Crippen molar-refractivity contribution in [2.45, 2.75) is 51.6 Å². The van der Waals surface area contributed by atoms with Crippen LogP contribution in [0.3, 0.4) is 0 Å². The smallest absolute Gasteiger partial charge is 0.409 e. The maximum absolute atomic E-state index is 11.6. The number of methoxy groups -OCH3 is 1. The molecule has 1 rings (SSSR count). The van der Waals surface area contributed by atoms with E-state index in [9.17, 15) is 4.79 Å². The molecular formula is C14H28N2O3. The van der Waals surface area contributed by atoms with Crippen LogP contribution < -0.4 is 5.32 Å². The lowest BCUT2D eigenvalue weighted by atomic mass is 10.0. The van der Waals surface area contributed by atoms with Gasteiger partial charge in [-0.1, -0.05) is 13.3 Å². The number of carbonyl (C=O) groups excluding carboxylic acids is 1. The van der Waals surface area contributed by atoms with Crippen molar-refractivity contribution >= 4 is 6.09 Å². The van der Waals surface area contributed by atoms with Crippen molar-refractivity contribution in [3.63, 3.8) is 0 Å². The van der Waals surface area contributed by atoms with Crippen LogP contribution in [0.1, 0.15) is 39.5 Å². The second-order valence-corrected chi connectivity index (χ2v) is 5.07. The maximum atomic E-state index is 11.6. The average molecular weight is 272 g/mol. The predicted molar refractivity (Wildman–Crippen MR) is 75.3 cm³/mol. The zero-order chi connectivity index (χ0) is 14.1. The van der Waals surface area contributed by atoms with Crippen molar-refractivity contribution in [2.24, 2.45) is 0 Å². The molecule has 0 aromatic carbocycles. The van der Waals surface area contributed by atoms with Crippen LogP contribution in [-0.2, 0) is 9.47 Å². The molecule has 5 nitrogen and oxygen atoms in total. The molecule has 0 radical (unpaired) electrons. The van der Waals surface area contributed by atoms with E-state index in [0.29, 0.717) is 18.7 Å². The van der Waals surface area contributed by atoms with Gasteiger partial charge in [0.2, 0.25) is 0 Å². The first-order valence-electron chi connectivity index (χ1n) is 7.37. The number of hydrogen-bond donors (Lipinski definition) is 1. The Morgan fingerprint density at radius 1 is 1.37 bits per heavy atom. The molecule has 1 fully saturated rings. The monoisotopic (exact) mass is 272 g/mol. The summed E-state index contributed by atoms with van der Waals surface area (Å²) in [4.78, 5) is 13.4. The van der Waals surface area contributed by atoms with Crippen LogP contribution >= 0.6 is 0 Å². The summed E-state index contributed by atoms with van der Waals surface area (Å²) in [6.07, 6.45) is 4.09. The van der Waals surface area contributed by atoms with E-state index in [1.54, 1.807) is 12.0 Å². The molecule has 1 N–H and O–H groups in total. The van der Waals surface area contributed by atoms with Gasteiger partial charge in [0.25, 0.3) is 0 Å². The highest BCUT2D eigenvalue weighted by Gasteiger charge is 2.24. The molecule has 0 bridgehead atoms. The lowest BCUT2D eigenvalue weighted by Crippen LogP contribution is -2.48. The molecule has 5 heteroatoms. The molecule has 0 spiro atoms. The molecule has 1 aliphatic rings. The summed E-state index contributed by atoms with van der Waals surface area (Å²) in [7, 11) is 1.74. The Balaban J connectivity index is 2.30. The van der Waals surface area contributed by atoms with Crippen LogP contribution in [-0.4, -0.2) is 56.5 Å². The normalized spacial score (nSPS) is 18.4. The Labute approximate surface area is 116 Å². The van der Waals surface area contributed by atoms with Crippen LogP contribution in [0.15, 0.2) is 0 Å². The summed E-state index contributed by atoms with van der Waals surface area (Å²) < 4.78 is 10.3. The van der Waals surface area contributed by atoms with Crippen molar-refractivity contribution in [1.29, 1.82) is 0 Å². The van der Waals surface area contributed by atoms with E-state index < -0.39 is 0 Å². The second-order valence-electron chi connectivity index (χ2n) is 5.07. The van der Waals surface area contributed by atoms with Gasteiger partial charge in [-0.05, 0) is 26.2 Å². The standard InChI is InChI=1S/C14H28N2O3/c1-4-6-13(11-18-3)15-12-7-9-16(10-8-12)14(17)19-5-2/h12-13,15H,4-11H2,1-3H3. The zero-order valence-corrected chi connectivity index (χ0v) is 12.5. The average Bonchev–Trinajstić information content (AvgIpc) is 2.40. The Hall–Kier alpha value is -0.810. The molecule has 1 amide bonds. The predicted octanol–water partition coefficient (Wildman–Crippen LogP) is 2.01. The third kappa shape index (κ3) is 5.78. The minimum Gasteiger partial charge on any atom is -0.450 e. The van der Waals surface area contributed by atoms with Crippen LogP contribution in [0.5, 0.6) is 0 Å². The first-order valence-corrected chi connectivity index (χ1v) is 7.37. The number of hydrogen-bond acceptors (Lipinski definition) is 4. The van der Waals surface area contributed by atoms with E-state index in [2.05, 4.69) is 12.2 Å². The summed E-state index contributed by atoms with van der Waals surface area (Å²) in [5.74, 6) is 0. The number of rotatable bonds is 7. The van der Waals surface area contributed by atoms with E-state index >= 15 is 0 Å². The van der Waals surface area contributed by atoms with Gasteiger partial charge in [0.15, 0.2) is 0 Å². The van der Waals surface area contributed by atoms with Crippen molar-refractivity contribution in [2.75, 3.05) is 33.4 Å². The van der Waals surface area contributed by atoms with Crippen LogP contribution in [0, 0.1) is 0 Å². The minimum atomic E-state index is -0.178. The zero-order valence-electron chi connectivity index (χ0n) is 12.5. The number of nitrogens with zero attached hydrogens (tertiary/aromatic N) is 1. The molecule has 0 aromatic rings. The number of nitrogens with one attached hydrogen (secondary N) is 1. The van der Waals surface area contributed by atoms with Gasteiger partial charge >= 0.3 is 6.09 Å². The van der Waals surface area contributed by atoms with E-state index in [4.69, 9.17) is 9.47 Å². The summed E-state index contributed by atoms with van der Waals surface area (Å²) >= 11 is 0. The van der Waals surface area contributed by atoms with Gasteiger partial charge in [0.05, 0.1) is 13.2 Å². The topological polar surface area (TPSA) is 50.8 Å². The molecule has 1 aliphatic heterocycles. The van der Waals surface area contributed by atoms with Crippen LogP contribution in [0.4, 0.5) is 4.79 Å². The van der Waals surface area contributed by atoms with Crippen molar-refractivity contribution < 1.29 is 14.3 Å². The van der Waals surface area contributed by atoms with E-state index in [1.165, 1.54) is 0 Å². The Morgan fingerprint density at radius 3 is 2.58 bits per heavy atom. The minimum absolute atomic E-state index is 0.178. The van der Waals surface area contributed by atoms with Gasteiger partial charge in [0.1, 0.15) is 0 Å². The van der Waals surface area contributed by atoms with Crippen molar-refractivity contribution in [3.8, 4) is 0 Å². The number of piperidine rings is 1. The van der Waals surface area contributed by atoms with Crippen LogP contribution in [0.25, 0.3) is 0 Å². The van der Waals surface area contributed by atoms with E-state index in [0.717, 1.165) is 45.4 Å². The highest BCUT2D eigenvalue weighted by molar-refractivity contribution is 5.67. The van der Waals surface area contributed by atoms with Gasteiger partial charge in [-0.15, -0.1) is 0 Å². The first kappa shape index (κ1) is 16.2. The van der Waals surface area contributed by atoms with Crippen molar-refractivity contribution in [1.82, 2.24) is 10.2 Å². The highest BCUT2D eigenvalue weighted by Crippen LogP contribution is 2.13. The number of carbonyl (C=O) groups is 1. The fourth-order valence-corrected chi connectivity index (χ4v) is 2.54. The van der Waals surface area contributed by atoms with Crippen molar-refractivity contribution in [3.05, 3.63) is 0 Å². The number of amides is 1. The fraction of sp³-hybridized carbons (Fsp3) is 0.929. The summed E-state index contributed by atoms with van der Waals surface area (Å²) in [5.41, 5.74) is 0. The Morgan fingerprint density at radius 2 is 2.05 bits per heavy atom. The molecule has 1 unspecified atom stereocenters.